The summed E-state index contributed by atoms with van der Waals surface area (Å²) in [6.45, 7) is 2.52. The molecule has 0 unspecified atom stereocenters. The Labute approximate surface area is 149 Å². The largest absolute Gasteiger partial charge is 0.469 e. The van der Waals surface area contributed by atoms with Crippen LogP contribution < -0.4 is 15.4 Å². The number of anilines is 2. The van der Waals surface area contributed by atoms with Gasteiger partial charge in [-0.1, -0.05) is 12.1 Å². The van der Waals surface area contributed by atoms with Gasteiger partial charge in [0.15, 0.2) is 0 Å². The summed E-state index contributed by atoms with van der Waals surface area (Å²) in [5.74, 6) is 0.874. The van der Waals surface area contributed by atoms with Crippen molar-refractivity contribution in [3.05, 3.63) is 70.3 Å². The van der Waals surface area contributed by atoms with E-state index in [9.17, 15) is 9.18 Å². The summed E-state index contributed by atoms with van der Waals surface area (Å²) in [7, 11) is 0. The summed E-state index contributed by atoms with van der Waals surface area (Å²) in [6.07, 6.45) is 1.86. The van der Waals surface area contributed by atoms with Crippen molar-refractivity contribution in [1.29, 1.82) is 0 Å². The van der Waals surface area contributed by atoms with Gasteiger partial charge in [-0.15, -0.1) is 10.2 Å². The lowest BCUT2D eigenvalue weighted by Crippen LogP contribution is -2.48. The van der Waals surface area contributed by atoms with E-state index < -0.39 is 0 Å². The van der Waals surface area contributed by atoms with Gasteiger partial charge in [-0.05, 0) is 24.3 Å². The predicted molar refractivity (Wildman–Crippen MR) is 95.0 cm³/mol. The van der Waals surface area contributed by atoms with Crippen molar-refractivity contribution < 1.29 is 8.81 Å². The standard InChI is InChI=1S/C18H18FN5O2/c19-14-5-1-2-6-16(14)23-7-9-24(10-8-23)18-20-17(25)15(21-22-18)12-13-4-3-11-26-13/h1-6,11H,7-10,12H2,(H,20,22,25). The molecule has 2 aromatic heterocycles. The first-order valence-corrected chi connectivity index (χ1v) is 8.43. The third kappa shape index (κ3) is 3.30. The smallest absolute Gasteiger partial charge is 0.274 e. The average molecular weight is 355 g/mol. The van der Waals surface area contributed by atoms with E-state index >= 15 is 0 Å². The lowest BCUT2D eigenvalue weighted by Gasteiger charge is -2.36. The van der Waals surface area contributed by atoms with Gasteiger partial charge in [-0.25, -0.2) is 4.39 Å². The van der Waals surface area contributed by atoms with Crippen LogP contribution in [-0.2, 0) is 6.42 Å². The van der Waals surface area contributed by atoms with Crippen LogP contribution in [0.4, 0.5) is 16.0 Å². The van der Waals surface area contributed by atoms with Gasteiger partial charge in [0.2, 0.25) is 5.95 Å². The Bertz CT molecular complexity index is 933. The summed E-state index contributed by atoms with van der Waals surface area (Å²) < 4.78 is 19.1. The van der Waals surface area contributed by atoms with Gasteiger partial charge in [0.1, 0.15) is 17.3 Å². The van der Waals surface area contributed by atoms with Crippen molar-refractivity contribution in [1.82, 2.24) is 15.2 Å². The monoisotopic (exact) mass is 355 g/mol. The first-order chi connectivity index (χ1) is 12.7. The zero-order valence-electron chi connectivity index (χ0n) is 14.1. The van der Waals surface area contributed by atoms with E-state index in [-0.39, 0.29) is 11.4 Å². The molecule has 8 heteroatoms. The average Bonchev–Trinajstić information content (AvgIpc) is 3.17. The molecule has 4 rings (SSSR count). The Balaban J connectivity index is 1.44. The Hall–Kier alpha value is -3.16. The van der Waals surface area contributed by atoms with E-state index in [1.165, 1.54) is 6.07 Å². The van der Waals surface area contributed by atoms with Crippen molar-refractivity contribution >= 4 is 11.6 Å². The fraction of sp³-hybridized carbons (Fsp3) is 0.278. The molecule has 0 bridgehead atoms. The number of para-hydroxylation sites is 1. The number of aromatic amines is 1. The highest BCUT2D eigenvalue weighted by Crippen LogP contribution is 2.21. The number of piperazine rings is 1. The third-order valence-corrected chi connectivity index (χ3v) is 4.45. The van der Waals surface area contributed by atoms with Crippen molar-refractivity contribution in [3.63, 3.8) is 0 Å². The summed E-state index contributed by atoms with van der Waals surface area (Å²) >= 11 is 0. The van der Waals surface area contributed by atoms with E-state index in [0.717, 1.165) is 0 Å². The summed E-state index contributed by atoms with van der Waals surface area (Å²) in [6, 6.07) is 10.3. The van der Waals surface area contributed by atoms with Gasteiger partial charge in [-0.2, -0.15) is 0 Å². The minimum atomic E-state index is -0.275. The van der Waals surface area contributed by atoms with E-state index in [1.807, 2.05) is 15.9 Å². The molecule has 1 N–H and O–H groups in total. The van der Waals surface area contributed by atoms with Crippen LogP contribution in [0.2, 0.25) is 0 Å². The number of hydrogen-bond donors (Lipinski definition) is 1. The van der Waals surface area contributed by atoms with E-state index in [4.69, 9.17) is 4.42 Å². The van der Waals surface area contributed by atoms with Crippen LogP contribution in [0.15, 0.2) is 51.9 Å². The molecule has 0 saturated carbocycles. The second-order valence-electron chi connectivity index (χ2n) is 6.11. The minimum absolute atomic E-state index is 0.226. The van der Waals surface area contributed by atoms with Crippen LogP contribution in [0.3, 0.4) is 0 Å². The number of nitrogens with one attached hydrogen (secondary N) is 1. The fourth-order valence-corrected chi connectivity index (χ4v) is 3.06. The van der Waals surface area contributed by atoms with Crippen LogP contribution >= 0.6 is 0 Å². The van der Waals surface area contributed by atoms with Crippen molar-refractivity contribution in [2.45, 2.75) is 6.42 Å². The third-order valence-electron chi connectivity index (χ3n) is 4.45. The van der Waals surface area contributed by atoms with E-state index in [2.05, 4.69) is 15.2 Å². The zero-order valence-corrected chi connectivity index (χ0v) is 14.1. The topological polar surface area (TPSA) is 78.3 Å². The van der Waals surface area contributed by atoms with Crippen LogP contribution in [0.5, 0.6) is 0 Å². The van der Waals surface area contributed by atoms with Crippen LogP contribution in [0.25, 0.3) is 0 Å². The van der Waals surface area contributed by atoms with Gasteiger partial charge < -0.3 is 14.2 Å². The van der Waals surface area contributed by atoms with E-state index in [0.29, 0.717) is 55.7 Å². The maximum absolute atomic E-state index is 13.9. The van der Waals surface area contributed by atoms with Gasteiger partial charge in [0, 0.05) is 26.2 Å². The first-order valence-electron chi connectivity index (χ1n) is 8.43. The van der Waals surface area contributed by atoms with Crippen LogP contribution in [0, 0.1) is 5.82 Å². The SMILES string of the molecule is O=c1[nH]c(N2CCN(c3ccccc3F)CC2)nnc1Cc1ccco1. The number of nitrogens with zero attached hydrogens (tertiary/aromatic N) is 4. The Morgan fingerprint density at radius 2 is 1.81 bits per heavy atom. The number of rotatable bonds is 4. The maximum atomic E-state index is 13.9. The van der Waals surface area contributed by atoms with Crippen molar-refractivity contribution in [2.24, 2.45) is 0 Å². The molecule has 1 fully saturated rings. The summed E-state index contributed by atoms with van der Waals surface area (Å²) in [4.78, 5) is 19.0. The Morgan fingerprint density at radius 1 is 1.04 bits per heavy atom. The molecule has 0 aliphatic carbocycles. The molecular weight excluding hydrogens is 337 g/mol. The molecule has 3 aromatic rings. The quantitative estimate of drug-likeness (QED) is 0.769. The summed E-state index contributed by atoms with van der Waals surface area (Å²) in [5, 5.41) is 8.20. The molecule has 3 heterocycles. The summed E-state index contributed by atoms with van der Waals surface area (Å²) in [5.41, 5.74) is 0.636. The lowest BCUT2D eigenvalue weighted by molar-refractivity contribution is 0.516. The molecule has 26 heavy (non-hydrogen) atoms. The Kier molecular flexibility index (Phi) is 4.39. The van der Waals surface area contributed by atoms with Gasteiger partial charge >= 0.3 is 0 Å². The molecule has 0 atom stereocenters. The second-order valence-corrected chi connectivity index (χ2v) is 6.11. The highest BCUT2D eigenvalue weighted by molar-refractivity contribution is 5.49. The molecule has 134 valence electrons. The van der Waals surface area contributed by atoms with Gasteiger partial charge in [0.05, 0.1) is 18.4 Å². The van der Waals surface area contributed by atoms with Crippen LogP contribution in [-0.4, -0.2) is 41.4 Å². The molecule has 1 aliphatic heterocycles. The number of H-pyrrole nitrogens is 1. The number of furan rings is 1. The molecule has 7 nitrogen and oxygen atoms in total. The van der Waals surface area contributed by atoms with E-state index in [1.54, 1.807) is 30.5 Å². The number of hydrogen-bond acceptors (Lipinski definition) is 6. The minimum Gasteiger partial charge on any atom is -0.469 e. The zero-order chi connectivity index (χ0) is 17.9. The normalized spacial score (nSPS) is 14.7. The Morgan fingerprint density at radius 3 is 2.50 bits per heavy atom. The number of halogens is 1. The lowest BCUT2D eigenvalue weighted by atomic mass is 10.2. The maximum Gasteiger partial charge on any atom is 0.274 e. The van der Waals surface area contributed by atoms with Crippen molar-refractivity contribution in [3.8, 4) is 0 Å². The number of aromatic nitrogens is 3. The molecular formula is C18H18FN5O2. The molecule has 1 aliphatic rings. The molecule has 0 spiro atoms. The predicted octanol–water partition coefficient (Wildman–Crippen LogP) is 1.81. The number of benzene rings is 1. The molecule has 1 aromatic carbocycles. The fourth-order valence-electron chi connectivity index (χ4n) is 3.06. The highest BCUT2D eigenvalue weighted by Gasteiger charge is 2.21. The molecule has 0 radical (unpaired) electrons. The first kappa shape index (κ1) is 16.3. The van der Waals surface area contributed by atoms with Gasteiger partial charge in [-0.3, -0.25) is 9.78 Å². The highest BCUT2D eigenvalue weighted by atomic mass is 19.1. The van der Waals surface area contributed by atoms with Gasteiger partial charge in [0.25, 0.3) is 5.56 Å². The second kappa shape index (κ2) is 6.99. The molecule has 0 amide bonds. The molecule has 1 saturated heterocycles. The van der Waals surface area contributed by atoms with Crippen molar-refractivity contribution in [2.75, 3.05) is 36.0 Å². The van der Waals surface area contributed by atoms with Crippen LogP contribution in [0.1, 0.15) is 11.5 Å².